The Morgan fingerprint density at radius 3 is 0.787 bits per heavy atom. The lowest BCUT2D eigenvalue weighted by molar-refractivity contribution is 0.235. The lowest BCUT2D eigenvalue weighted by atomic mass is 9.78. The summed E-state index contributed by atoms with van der Waals surface area (Å²) in [6.07, 6.45) is 20.9. The summed E-state index contributed by atoms with van der Waals surface area (Å²) < 4.78 is 0. The molecule has 4 aliphatic carbocycles. The molecule has 4 fully saturated rings. The van der Waals surface area contributed by atoms with Gasteiger partial charge in [-0.1, -0.05) is 252 Å². The monoisotopic (exact) mass is 663 g/mol. The zero-order valence-electron chi connectivity index (χ0n) is 36.9. The van der Waals surface area contributed by atoms with E-state index in [-0.39, 0.29) is 0 Å². The lowest BCUT2D eigenvalue weighted by Crippen LogP contribution is -2.16. The Labute approximate surface area is 303 Å². The molecule has 4 saturated carbocycles. The van der Waals surface area contributed by atoms with Crippen LogP contribution < -0.4 is 0 Å². The molecular formula is C47H98. The van der Waals surface area contributed by atoms with Gasteiger partial charge < -0.3 is 0 Å². The van der Waals surface area contributed by atoms with Crippen LogP contribution in [0.5, 0.6) is 0 Å². The van der Waals surface area contributed by atoms with Crippen molar-refractivity contribution in [1.29, 1.82) is 0 Å². The Kier molecular flexibility index (Phi) is 51.2. The fourth-order valence-electron chi connectivity index (χ4n) is 5.54. The van der Waals surface area contributed by atoms with Crippen molar-refractivity contribution in [3.63, 3.8) is 0 Å². The van der Waals surface area contributed by atoms with Crippen LogP contribution in [0.4, 0.5) is 0 Å². The first kappa shape index (κ1) is 55.6. The van der Waals surface area contributed by atoms with E-state index in [1.54, 1.807) is 0 Å². The van der Waals surface area contributed by atoms with E-state index in [1.807, 2.05) is 75.3 Å². The molecule has 0 heteroatoms. The quantitative estimate of drug-likeness (QED) is 0.301. The van der Waals surface area contributed by atoms with E-state index >= 15 is 0 Å². The zero-order valence-corrected chi connectivity index (χ0v) is 36.9. The number of benzene rings is 1. The van der Waals surface area contributed by atoms with Crippen LogP contribution in [0.3, 0.4) is 0 Å². The molecule has 0 atom stereocenters. The van der Waals surface area contributed by atoms with Gasteiger partial charge in [0.05, 0.1) is 0 Å². The average molecular weight is 663 g/mol. The summed E-state index contributed by atoms with van der Waals surface area (Å²) in [5, 5.41) is 0. The van der Waals surface area contributed by atoms with Gasteiger partial charge in [-0.3, -0.25) is 0 Å². The largest absolute Gasteiger partial charge is 0.0683 e. The molecule has 0 aliphatic heterocycles. The van der Waals surface area contributed by atoms with Gasteiger partial charge in [0.15, 0.2) is 0 Å². The van der Waals surface area contributed by atoms with E-state index in [0.717, 1.165) is 41.4 Å². The fourth-order valence-corrected chi connectivity index (χ4v) is 5.54. The molecule has 0 spiro atoms. The van der Waals surface area contributed by atoms with Crippen LogP contribution >= 0.6 is 0 Å². The molecule has 47 heavy (non-hydrogen) atoms. The molecule has 286 valence electrons. The van der Waals surface area contributed by atoms with Crippen molar-refractivity contribution in [1.82, 2.24) is 0 Å². The second-order valence-corrected chi connectivity index (χ2v) is 14.1. The summed E-state index contributed by atoms with van der Waals surface area (Å²) in [6, 6.07) is 10.5. The van der Waals surface area contributed by atoms with Gasteiger partial charge in [-0.05, 0) is 52.9 Å². The summed E-state index contributed by atoms with van der Waals surface area (Å²) in [5.74, 6) is 7.77. The summed E-state index contributed by atoms with van der Waals surface area (Å²) in [5.41, 5.74) is 1.41. The summed E-state index contributed by atoms with van der Waals surface area (Å²) in [7, 11) is 0. The van der Waals surface area contributed by atoms with Crippen LogP contribution in [-0.4, -0.2) is 0 Å². The molecule has 0 bridgehead atoms. The number of hydrogen-bond donors (Lipinski definition) is 0. The second-order valence-electron chi connectivity index (χ2n) is 14.1. The highest BCUT2D eigenvalue weighted by Crippen LogP contribution is 2.32. The Morgan fingerprint density at radius 2 is 0.638 bits per heavy atom. The highest BCUT2D eigenvalue weighted by atomic mass is 14.3. The van der Waals surface area contributed by atoms with Crippen molar-refractivity contribution in [2.75, 3.05) is 0 Å². The molecule has 0 amide bonds. The SMILES string of the molecule is CC.CC.CC.CC.CC.CC(C)C1CCC1.CC(C)C1CCCC1.CC(C)C1CCCCC1.CC(C)c1ccccc1.CC1CC1. The van der Waals surface area contributed by atoms with Crippen molar-refractivity contribution < 1.29 is 0 Å². The molecule has 0 radical (unpaired) electrons. The number of hydrogen-bond acceptors (Lipinski definition) is 0. The Bertz CT molecular complexity index is 605. The number of rotatable bonds is 4. The maximum Gasteiger partial charge on any atom is -0.0219 e. The molecule has 0 aromatic heterocycles. The van der Waals surface area contributed by atoms with Crippen molar-refractivity contribution in [2.45, 2.75) is 227 Å². The first-order valence-electron chi connectivity index (χ1n) is 21.7. The van der Waals surface area contributed by atoms with Crippen LogP contribution in [-0.2, 0) is 0 Å². The van der Waals surface area contributed by atoms with Crippen molar-refractivity contribution in [2.24, 2.45) is 41.4 Å². The predicted octanol–water partition coefficient (Wildman–Crippen LogP) is 17.9. The Hall–Kier alpha value is -0.780. The third-order valence-electron chi connectivity index (χ3n) is 9.36. The smallest absolute Gasteiger partial charge is 0.0219 e. The molecule has 0 heterocycles. The summed E-state index contributed by atoms with van der Waals surface area (Å²) in [4.78, 5) is 0. The van der Waals surface area contributed by atoms with Crippen LogP contribution in [0, 0.1) is 41.4 Å². The van der Waals surface area contributed by atoms with Crippen molar-refractivity contribution in [3.05, 3.63) is 35.9 Å². The predicted molar refractivity (Wildman–Crippen MR) is 226 cm³/mol. The van der Waals surface area contributed by atoms with E-state index in [1.165, 1.54) is 95.5 Å². The van der Waals surface area contributed by atoms with Gasteiger partial charge in [0, 0.05) is 0 Å². The van der Waals surface area contributed by atoms with E-state index in [9.17, 15) is 0 Å². The van der Waals surface area contributed by atoms with Gasteiger partial charge in [0.2, 0.25) is 0 Å². The van der Waals surface area contributed by atoms with Crippen LogP contribution in [0.1, 0.15) is 233 Å². The Morgan fingerprint density at radius 1 is 0.383 bits per heavy atom. The standard InChI is InChI=1S/C9H18.C9H12.C8H16.C7H14.C4H8.5C2H6/c2*1-8(2)9-6-4-3-5-7-9;1-7(2)8-5-3-4-6-8;1-6(2)7-4-3-5-7;1-4-2-3-4;5*1-2/h8-9H,3-7H2,1-2H3;3-8H,1-2H3;7-8H,3-6H2,1-2H3;6-7H,3-5H2,1-2H3;4H,2-3H2,1H3;5*1-2H3. The maximum absolute atomic E-state index is 2.36. The lowest BCUT2D eigenvalue weighted by Gasteiger charge is -2.28. The molecule has 0 unspecified atom stereocenters. The van der Waals surface area contributed by atoms with Crippen molar-refractivity contribution in [3.8, 4) is 0 Å². The molecule has 0 N–H and O–H groups in total. The van der Waals surface area contributed by atoms with Gasteiger partial charge in [-0.2, -0.15) is 0 Å². The molecule has 1 aromatic rings. The minimum Gasteiger partial charge on any atom is -0.0683 e. The van der Waals surface area contributed by atoms with Gasteiger partial charge in [0.25, 0.3) is 0 Å². The molecule has 0 nitrogen and oxygen atoms in total. The van der Waals surface area contributed by atoms with Crippen LogP contribution in [0.25, 0.3) is 0 Å². The molecular weight excluding hydrogens is 565 g/mol. The summed E-state index contributed by atoms with van der Waals surface area (Å²) >= 11 is 0. The molecule has 0 saturated heterocycles. The third kappa shape index (κ3) is 37.9. The first-order chi connectivity index (χ1) is 22.6. The minimum absolute atomic E-state index is 0.659. The first-order valence-corrected chi connectivity index (χ1v) is 21.7. The highest BCUT2D eigenvalue weighted by Gasteiger charge is 2.20. The third-order valence-corrected chi connectivity index (χ3v) is 9.36. The zero-order chi connectivity index (χ0) is 37.6. The van der Waals surface area contributed by atoms with Gasteiger partial charge in [-0.25, -0.2) is 0 Å². The van der Waals surface area contributed by atoms with E-state index in [2.05, 4.69) is 86.6 Å². The average Bonchev–Trinajstić information content (AvgIpc) is 3.67. The molecule has 5 rings (SSSR count). The topological polar surface area (TPSA) is 0 Å². The molecule has 4 aliphatic rings. The van der Waals surface area contributed by atoms with Crippen LogP contribution in [0.2, 0.25) is 0 Å². The summed E-state index contributed by atoms with van der Waals surface area (Å²) in [6.45, 7) is 40.7. The molecule has 1 aromatic carbocycles. The minimum atomic E-state index is 0.659. The van der Waals surface area contributed by atoms with E-state index in [4.69, 9.17) is 0 Å². The van der Waals surface area contributed by atoms with Crippen LogP contribution in [0.15, 0.2) is 30.3 Å². The maximum atomic E-state index is 2.36. The normalized spacial score (nSPS) is 16.5. The second kappa shape index (κ2) is 43.2. The van der Waals surface area contributed by atoms with E-state index in [0.29, 0.717) is 5.92 Å². The van der Waals surface area contributed by atoms with Gasteiger partial charge >= 0.3 is 0 Å². The Balaban J connectivity index is -0.000000148. The van der Waals surface area contributed by atoms with Gasteiger partial charge in [0.1, 0.15) is 0 Å². The fraction of sp³-hybridized carbons (Fsp3) is 0.872. The highest BCUT2D eigenvalue weighted by molar-refractivity contribution is 5.17. The van der Waals surface area contributed by atoms with E-state index < -0.39 is 0 Å². The van der Waals surface area contributed by atoms with Crippen molar-refractivity contribution >= 4 is 0 Å². The van der Waals surface area contributed by atoms with Gasteiger partial charge in [-0.15, -0.1) is 0 Å².